The molecule has 0 radical (unpaired) electrons. The molecule has 5 heteroatoms. The summed E-state index contributed by atoms with van der Waals surface area (Å²) in [7, 11) is 1.64. The molecule has 110 valence electrons. The van der Waals surface area contributed by atoms with Gasteiger partial charge in [0.05, 0.1) is 22.8 Å². The highest BCUT2D eigenvalue weighted by Crippen LogP contribution is 2.30. The Hall–Kier alpha value is -1.88. The topological polar surface area (TPSA) is 48.4 Å². The van der Waals surface area contributed by atoms with E-state index in [-0.39, 0.29) is 6.61 Å². The summed E-state index contributed by atoms with van der Waals surface area (Å²) < 4.78 is 11.9. The summed E-state index contributed by atoms with van der Waals surface area (Å²) in [6.45, 7) is 4.16. The number of nitrogens with zero attached hydrogens (tertiary/aromatic N) is 1. The monoisotopic (exact) mass is 349 g/mol. The molecule has 0 unspecified atom stereocenters. The predicted molar refractivity (Wildman–Crippen MR) is 84.1 cm³/mol. The van der Waals surface area contributed by atoms with Gasteiger partial charge in [-0.1, -0.05) is 6.07 Å². The van der Waals surface area contributed by atoms with E-state index in [1.807, 2.05) is 19.9 Å². The number of aromatic nitrogens is 1. The average Bonchev–Trinajstić information content (AvgIpc) is 2.48. The third-order valence-electron chi connectivity index (χ3n) is 3.23. The van der Waals surface area contributed by atoms with Crippen molar-refractivity contribution in [3.8, 4) is 11.5 Å². The molecule has 1 aromatic carbocycles. The quantitative estimate of drug-likeness (QED) is 0.769. The van der Waals surface area contributed by atoms with Gasteiger partial charge in [0.2, 0.25) is 0 Å². The number of halogens is 1. The minimum Gasteiger partial charge on any atom is -0.496 e. The minimum absolute atomic E-state index is 0.270. The van der Waals surface area contributed by atoms with E-state index in [1.165, 1.54) is 0 Å². The van der Waals surface area contributed by atoms with Crippen molar-refractivity contribution in [1.82, 2.24) is 4.98 Å². The molecule has 0 saturated heterocycles. The SMILES string of the molecule is COc1c(C)cnc(COc2c(Br)cccc2C=O)c1C. The van der Waals surface area contributed by atoms with E-state index in [9.17, 15) is 4.79 Å². The number of aldehydes is 1. The summed E-state index contributed by atoms with van der Waals surface area (Å²) >= 11 is 3.39. The van der Waals surface area contributed by atoms with Crippen LogP contribution in [0.3, 0.4) is 0 Å². The van der Waals surface area contributed by atoms with Crippen molar-refractivity contribution in [2.24, 2.45) is 0 Å². The number of aryl methyl sites for hydroxylation is 1. The van der Waals surface area contributed by atoms with Crippen molar-refractivity contribution in [2.75, 3.05) is 7.11 Å². The summed E-state index contributed by atoms with van der Waals surface area (Å²) in [5.41, 5.74) is 3.21. The number of hydrogen-bond donors (Lipinski definition) is 0. The van der Waals surface area contributed by atoms with Crippen molar-refractivity contribution in [3.05, 3.63) is 51.3 Å². The zero-order valence-corrected chi connectivity index (χ0v) is 13.7. The Morgan fingerprint density at radius 2 is 2.05 bits per heavy atom. The van der Waals surface area contributed by atoms with E-state index in [2.05, 4.69) is 20.9 Å². The van der Waals surface area contributed by atoms with Crippen molar-refractivity contribution in [3.63, 3.8) is 0 Å². The third-order valence-corrected chi connectivity index (χ3v) is 3.85. The van der Waals surface area contributed by atoms with Crippen molar-refractivity contribution in [2.45, 2.75) is 20.5 Å². The van der Waals surface area contributed by atoms with E-state index in [4.69, 9.17) is 9.47 Å². The van der Waals surface area contributed by atoms with Crippen molar-refractivity contribution >= 4 is 22.2 Å². The highest BCUT2D eigenvalue weighted by molar-refractivity contribution is 9.10. The smallest absolute Gasteiger partial charge is 0.153 e. The van der Waals surface area contributed by atoms with Crippen LogP contribution in [0.5, 0.6) is 11.5 Å². The summed E-state index contributed by atoms with van der Waals surface area (Å²) in [4.78, 5) is 15.4. The number of methoxy groups -OCH3 is 1. The predicted octanol–water partition coefficient (Wildman–Crippen LogP) is 3.86. The Bertz CT molecular complexity index is 671. The van der Waals surface area contributed by atoms with Crippen LogP contribution in [0.2, 0.25) is 0 Å². The molecule has 0 saturated carbocycles. The van der Waals surface area contributed by atoms with E-state index in [0.717, 1.165) is 33.3 Å². The molecule has 4 nitrogen and oxygen atoms in total. The Kier molecular flexibility index (Phi) is 4.96. The Labute approximate surface area is 132 Å². The summed E-state index contributed by atoms with van der Waals surface area (Å²) in [6.07, 6.45) is 2.53. The fraction of sp³-hybridized carbons (Fsp3) is 0.250. The molecule has 0 fully saturated rings. The lowest BCUT2D eigenvalue weighted by Gasteiger charge is -2.14. The van der Waals surface area contributed by atoms with Crippen LogP contribution >= 0.6 is 15.9 Å². The second-order valence-electron chi connectivity index (χ2n) is 4.61. The number of pyridine rings is 1. The van der Waals surface area contributed by atoms with Crippen LogP contribution in [0.25, 0.3) is 0 Å². The Morgan fingerprint density at radius 1 is 1.29 bits per heavy atom. The van der Waals surface area contributed by atoms with Gasteiger partial charge in [0.1, 0.15) is 18.1 Å². The van der Waals surface area contributed by atoms with Gasteiger partial charge in [-0.3, -0.25) is 9.78 Å². The molecule has 2 aromatic rings. The van der Waals surface area contributed by atoms with E-state index < -0.39 is 0 Å². The lowest BCUT2D eigenvalue weighted by atomic mass is 10.1. The zero-order chi connectivity index (χ0) is 15.4. The maximum absolute atomic E-state index is 11.1. The van der Waals surface area contributed by atoms with Crippen molar-refractivity contribution < 1.29 is 14.3 Å². The molecule has 0 amide bonds. The zero-order valence-electron chi connectivity index (χ0n) is 12.1. The van der Waals surface area contributed by atoms with Gasteiger partial charge < -0.3 is 9.47 Å². The average molecular weight is 350 g/mol. The van der Waals surface area contributed by atoms with Gasteiger partial charge in [-0.05, 0) is 41.9 Å². The molecule has 0 atom stereocenters. The molecule has 2 rings (SSSR count). The summed E-state index contributed by atoms with van der Waals surface area (Å²) in [5, 5.41) is 0. The number of para-hydroxylation sites is 1. The van der Waals surface area contributed by atoms with E-state index in [1.54, 1.807) is 25.4 Å². The molecule has 21 heavy (non-hydrogen) atoms. The van der Waals surface area contributed by atoms with Gasteiger partial charge in [0, 0.05) is 17.3 Å². The fourth-order valence-corrected chi connectivity index (χ4v) is 2.62. The maximum Gasteiger partial charge on any atom is 0.153 e. The number of rotatable bonds is 5. The lowest BCUT2D eigenvalue weighted by molar-refractivity contribution is 0.111. The van der Waals surface area contributed by atoms with Gasteiger partial charge in [-0.2, -0.15) is 0 Å². The largest absolute Gasteiger partial charge is 0.496 e. The van der Waals surface area contributed by atoms with Crippen LogP contribution in [0.15, 0.2) is 28.9 Å². The van der Waals surface area contributed by atoms with Gasteiger partial charge in [-0.25, -0.2) is 0 Å². The van der Waals surface area contributed by atoms with Crippen LogP contribution < -0.4 is 9.47 Å². The Balaban J connectivity index is 2.27. The highest BCUT2D eigenvalue weighted by atomic mass is 79.9. The molecule has 0 N–H and O–H groups in total. The van der Waals surface area contributed by atoms with Gasteiger partial charge in [-0.15, -0.1) is 0 Å². The molecule has 0 aliphatic rings. The van der Waals surface area contributed by atoms with Gasteiger partial charge >= 0.3 is 0 Å². The van der Waals surface area contributed by atoms with Crippen LogP contribution in [0.4, 0.5) is 0 Å². The standard InChI is InChI=1S/C16H16BrNO3/c1-10-7-18-14(11(2)15(10)20-3)9-21-16-12(8-19)5-4-6-13(16)17/h4-8H,9H2,1-3H3. The number of benzene rings is 1. The van der Waals surface area contributed by atoms with E-state index >= 15 is 0 Å². The first-order valence-electron chi connectivity index (χ1n) is 6.44. The molecule has 1 aromatic heterocycles. The summed E-state index contributed by atoms with van der Waals surface area (Å²) in [6, 6.07) is 5.33. The first kappa shape index (κ1) is 15.5. The molecule has 0 bridgehead atoms. The van der Waals surface area contributed by atoms with Crippen LogP contribution in [0, 0.1) is 13.8 Å². The van der Waals surface area contributed by atoms with Gasteiger partial charge in [0.25, 0.3) is 0 Å². The number of carbonyl (C=O) groups excluding carboxylic acids is 1. The molecule has 0 spiro atoms. The fourth-order valence-electron chi connectivity index (χ4n) is 2.13. The summed E-state index contributed by atoms with van der Waals surface area (Å²) in [5.74, 6) is 1.33. The third kappa shape index (κ3) is 3.24. The van der Waals surface area contributed by atoms with E-state index in [0.29, 0.717) is 11.3 Å². The molecular formula is C16H16BrNO3. The van der Waals surface area contributed by atoms with Gasteiger partial charge in [0.15, 0.2) is 6.29 Å². The number of hydrogen-bond acceptors (Lipinski definition) is 4. The molecule has 0 aliphatic heterocycles. The maximum atomic E-state index is 11.1. The minimum atomic E-state index is 0.270. The lowest BCUT2D eigenvalue weighted by Crippen LogP contribution is -2.05. The normalized spacial score (nSPS) is 10.3. The highest BCUT2D eigenvalue weighted by Gasteiger charge is 2.12. The molecule has 1 heterocycles. The van der Waals surface area contributed by atoms with Crippen LogP contribution in [-0.4, -0.2) is 18.4 Å². The van der Waals surface area contributed by atoms with Crippen LogP contribution in [-0.2, 0) is 6.61 Å². The molecular weight excluding hydrogens is 334 g/mol. The second kappa shape index (κ2) is 6.72. The first-order chi connectivity index (χ1) is 10.1. The number of carbonyl (C=O) groups is 1. The van der Waals surface area contributed by atoms with Crippen LogP contribution in [0.1, 0.15) is 27.2 Å². The Morgan fingerprint density at radius 3 is 2.71 bits per heavy atom. The van der Waals surface area contributed by atoms with Crippen molar-refractivity contribution in [1.29, 1.82) is 0 Å². The second-order valence-corrected chi connectivity index (χ2v) is 5.47. The first-order valence-corrected chi connectivity index (χ1v) is 7.23. The molecule has 0 aliphatic carbocycles. The number of ether oxygens (including phenoxy) is 2.